The second-order valence-electron chi connectivity index (χ2n) is 5.90. The van der Waals surface area contributed by atoms with Crippen LogP contribution >= 0.6 is 0 Å². The molecule has 0 unspecified atom stereocenters. The highest BCUT2D eigenvalue weighted by Gasteiger charge is 2.23. The average molecular weight is 264 g/mol. The van der Waals surface area contributed by atoms with Gasteiger partial charge in [0.1, 0.15) is 11.5 Å². The van der Waals surface area contributed by atoms with Crippen LogP contribution in [0.5, 0.6) is 0 Å². The van der Waals surface area contributed by atoms with Crippen LogP contribution < -0.4 is 5.32 Å². The minimum atomic E-state index is 0.737. The van der Waals surface area contributed by atoms with Crippen molar-refractivity contribution in [2.24, 2.45) is 5.92 Å². The molecule has 1 saturated carbocycles. The summed E-state index contributed by atoms with van der Waals surface area (Å²) in [6.45, 7) is 4.07. The molecule has 1 aromatic rings. The van der Waals surface area contributed by atoms with Crippen molar-refractivity contribution in [3.05, 3.63) is 23.7 Å². The first kappa shape index (κ1) is 14.6. The number of hydrogen-bond donors (Lipinski definition) is 1. The summed E-state index contributed by atoms with van der Waals surface area (Å²) in [5.41, 5.74) is 0. The molecule has 1 heterocycles. The molecule has 108 valence electrons. The van der Waals surface area contributed by atoms with E-state index in [1.165, 1.54) is 32.1 Å². The number of furan rings is 1. The van der Waals surface area contributed by atoms with Gasteiger partial charge in [-0.05, 0) is 57.8 Å². The van der Waals surface area contributed by atoms with Gasteiger partial charge in [-0.3, -0.25) is 4.90 Å². The number of nitrogens with one attached hydrogen (secondary N) is 1. The van der Waals surface area contributed by atoms with Gasteiger partial charge in [0.2, 0.25) is 0 Å². The fourth-order valence-corrected chi connectivity index (χ4v) is 3.15. The van der Waals surface area contributed by atoms with Crippen LogP contribution in [0.3, 0.4) is 0 Å². The Hall–Kier alpha value is -0.800. The normalized spacial score (nSPS) is 24.0. The highest BCUT2D eigenvalue weighted by molar-refractivity contribution is 5.07. The van der Waals surface area contributed by atoms with Crippen LogP contribution in [-0.2, 0) is 13.1 Å². The van der Waals surface area contributed by atoms with Crippen molar-refractivity contribution >= 4 is 0 Å². The van der Waals surface area contributed by atoms with Crippen molar-refractivity contribution in [2.75, 3.05) is 14.1 Å². The summed E-state index contributed by atoms with van der Waals surface area (Å²) in [5, 5.41) is 3.12. The summed E-state index contributed by atoms with van der Waals surface area (Å²) in [6.07, 6.45) is 6.84. The lowest BCUT2D eigenvalue weighted by atomic mass is 9.84. The molecule has 3 heteroatoms. The standard InChI is InChI=1S/C16H28N2O/c1-4-13-5-7-14(8-6-13)18(3)12-16-10-9-15(19-16)11-17-2/h9-10,13-14,17H,4-8,11-12H2,1-3H3. The molecule has 0 aromatic carbocycles. The van der Waals surface area contributed by atoms with E-state index < -0.39 is 0 Å². The lowest BCUT2D eigenvalue weighted by molar-refractivity contribution is 0.148. The lowest BCUT2D eigenvalue weighted by Crippen LogP contribution is -2.34. The first-order valence-corrected chi connectivity index (χ1v) is 7.65. The van der Waals surface area contributed by atoms with Crippen LogP contribution in [0.25, 0.3) is 0 Å². The summed E-state index contributed by atoms with van der Waals surface area (Å²) in [7, 11) is 4.18. The Morgan fingerprint density at radius 1 is 1.21 bits per heavy atom. The zero-order valence-corrected chi connectivity index (χ0v) is 12.6. The van der Waals surface area contributed by atoms with E-state index in [1.807, 2.05) is 7.05 Å². The molecule has 0 radical (unpaired) electrons. The summed E-state index contributed by atoms with van der Waals surface area (Å²) >= 11 is 0. The zero-order chi connectivity index (χ0) is 13.7. The molecular formula is C16H28N2O. The molecule has 1 aliphatic carbocycles. The van der Waals surface area contributed by atoms with Gasteiger partial charge < -0.3 is 9.73 Å². The topological polar surface area (TPSA) is 28.4 Å². The van der Waals surface area contributed by atoms with E-state index in [2.05, 4.69) is 36.3 Å². The van der Waals surface area contributed by atoms with Gasteiger partial charge in [-0.25, -0.2) is 0 Å². The molecule has 0 amide bonds. The molecule has 0 bridgehead atoms. The van der Waals surface area contributed by atoms with E-state index in [4.69, 9.17) is 4.42 Å². The smallest absolute Gasteiger partial charge is 0.118 e. The van der Waals surface area contributed by atoms with Gasteiger partial charge in [0.25, 0.3) is 0 Å². The maximum Gasteiger partial charge on any atom is 0.118 e. The number of nitrogens with zero attached hydrogens (tertiary/aromatic N) is 1. The second-order valence-corrected chi connectivity index (χ2v) is 5.90. The maximum atomic E-state index is 5.82. The first-order valence-electron chi connectivity index (χ1n) is 7.65. The van der Waals surface area contributed by atoms with Gasteiger partial charge in [-0.15, -0.1) is 0 Å². The van der Waals surface area contributed by atoms with Crippen LogP contribution in [0.4, 0.5) is 0 Å². The Bertz CT molecular complexity index is 367. The van der Waals surface area contributed by atoms with Crippen LogP contribution in [-0.4, -0.2) is 25.0 Å². The number of hydrogen-bond acceptors (Lipinski definition) is 3. The molecule has 0 atom stereocenters. The minimum Gasteiger partial charge on any atom is -0.463 e. The minimum absolute atomic E-state index is 0.737. The van der Waals surface area contributed by atoms with Gasteiger partial charge in [-0.2, -0.15) is 0 Å². The Balaban J connectivity index is 1.81. The zero-order valence-electron chi connectivity index (χ0n) is 12.6. The molecule has 2 rings (SSSR count). The summed E-state index contributed by atoms with van der Waals surface area (Å²) in [4.78, 5) is 2.47. The Kier molecular flexibility index (Phi) is 5.46. The largest absolute Gasteiger partial charge is 0.463 e. The molecule has 1 aromatic heterocycles. The van der Waals surface area contributed by atoms with Crippen LogP contribution in [0.1, 0.15) is 50.5 Å². The Morgan fingerprint density at radius 3 is 2.53 bits per heavy atom. The lowest BCUT2D eigenvalue weighted by Gasteiger charge is -2.34. The van der Waals surface area contributed by atoms with E-state index in [9.17, 15) is 0 Å². The SMILES string of the molecule is CCC1CCC(N(C)Cc2ccc(CNC)o2)CC1. The van der Waals surface area contributed by atoms with Gasteiger partial charge in [-0.1, -0.05) is 13.3 Å². The highest BCUT2D eigenvalue weighted by atomic mass is 16.3. The first-order chi connectivity index (χ1) is 9.22. The van der Waals surface area contributed by atoms with E-state index in [1.54, 1.807) is 0 Å². The Morgan fingerprint density at radius 2 is 1.89 bits per heavy atom. The van der Waals surface area contributed by atoms with Crippen molar-refractivity contribution in [1.29, 1.82) is 0 Å². The summed E-state index contributed by atoms with van der Waals surface area (Å²) in [6, 6.07) is 4.93. The molecule has 1 fully saturated rings. The molecule has 1 aliphatic rings. The van der Waals surface area contributed by atoms with Gasteiger partial charge in [0, 0.05) is 6.04 Å². The van der Waals surface area contributed by atoms with Crippen molar-refractivity contribution in [2.45, 2.75) is 58.2 Å². The quantitative estimate of drug-likeness (QED) is 0.853. The van der Waals surface area contributed by atoms with E-state index >= 15 is 0 Å². The average Bonchev–Trinajstić information content (AvgIpc) is 2.86. The molecule has 0 aliphatic heterocycles. The van der Waals surface area contributed by atoms with Gasteiger partial charge >= 0.3 is 0 Å². The second kappa shape index (κ2) is 7.11. The molecule has 0 saturated heterocycles. The van der Waals surface area contributed by atoms with Gasteiger partial charge in [0.05, 0.1) is 13.1 Å². The van der Waals surface area contributed by atoms with E-state index in [-0.39, 0.29) is 0 Å². The molecule has 0 spiro atoms. The van der Waals surface area contributed by atoms with E-state index in [0.29, 0.717) is 0 Å². The molecular weight excluding hydrogens is 236 g/mol. The van der Waals surface area contributed by atoms with Crippen molar-refractivity contribution in [1.82, 2.24) is 10.2 Å². The molecule has 3 nitrogen and oxygen atoms in total. The summed E-state index contributed by atoms with van der Waals surface area (Å²) in [5.74, 6) is 3.08. The predicted octanol–water partition coefficient (Wildman–Crippen LogP) is 3.40. The van der Waals surface area contributed by atoms with Crippen LogP contribution in [0.15, 0.2) is 16.5 Å². The van der Waals surface area contributed by atoms with Crippen molar-refractivity contribution in [3.63, 3.8) is 0 Å². The third-order valence-corrected chi connectivity index (χ3v) is 4.49. The molecule has 19 heavy (non-hydrogen) atoms. The van der Waals surface area contributed by atoms with Crippen molar-refractivity contribution in [3.8, 4) is 0 Å². The maximum absolute atomic E-state index is 5.82. The third-order valence-electron chi connectivity index (χ3n) is 4.49. The summed E-state index contributed by atoms with van der Waals surface area (Å²) < 4.78 is 5.82. The monoisotopic (exact) mass is 264 g/mol. The van der Waals surface area contributed by atoms with Crippen molar-refractivity contribution < 1.29 is 4.42 Å². The predicted molar refractivity (Wildman–Crippen MR) is 79.0 cm³/mol. The van der Waals surface area contributed by atoms with Gasteiger partial charge in [0.15, 0.2) is 0 Å². The Labute approximate surface area is 117 Å². The fourth-order valence-electron chi connectivity index (χ4n) is 3.15. The van der Waals surface area contributed by atoms with E-state index in [0.717, 1.165) is 36.6 Å². The fraction of sp³-hybridized carbons (Fsp3) is 0.750. The van der Waals surface area contributed by atoms with Crippen LogP contribution in [0, 0.1) is 5.92 Å². The van der Waals surface area contributed by atoms with Crippen LogP contribution in [0.2, 0.25) is 0 Å². The highest BCUT2D eigenvalue weighted by Crippen LogP contribution is 2.29. The molecule has 1 N–H and O–H groups in total. The number of rotatable bonds is 6. The third kappa shape index (κ3) is 4.08.